The molecule has 8 nitrogen and oxygen atoms in total. The van der Waals surface area contributed by atoms with Gasteiger partial charge in [0.2, 0.25) is 10.0 Å². The maximum absolute atomic E-state index is 12.2. The fourth-order valence-electron chi connectivity index (χ4n) is 2.13. The molecule has 0 aliphatic heterocycles. The van der Waals surface area contributed by atoms with E-state index in [-0.39, 0.29) is 17.1 Å². The largest absolute Gasteiger partial charge is 0.270 e. The summed E-state index contributed by atoms with van der Waals surface area (Å²) < 4.78 is 26.9. The number of nitrogens with one attached hydrogen (secondary N) is 1. The van der Waals surface area contributed by atoms with E-state index in [9.17, 15) is 18.5 Å². The van der Waals surface area contributed by atoms with Crippen molar-refractivity contribution in [1.82, 2.24) is 14.7 Å². The topological polar surface area (TPSA) is 115 Å². The number of sulfonamides is 1. The van der Waals surface area contributed by atoms with Gasteiger partial charge in [0, 0.05) is 23.7 Å². The summed E-state index contributed by atoms with van der Waals surface area (Å²) in [6.07, 6.45) is 3.61. The van der Waals surface area contributed by atoms with Crippen LogP contribution in [0.4, 0.5) is 5.69 Å². The Hall–Kier alpha value is -2.39. The monoisotopic (exact) mass is 334 g/mol. The average Bonchev–Trinajstić information content (AvgIpc) is 3.38. The van der Waals surface area contributed by atoms with Gasteiger partial charge in [-0.2, -0.15) is 0 Å². The molecule has 2 aromatic rings. The van der Waals surface area contributed by atoms with Gasteiger partial charge in [-0.3, -0.25) is 10.1 Å². The van der Waals surface area contributed by atoms with Crippen molar-refractivity contribution in [2.24, 2.45) is 0 Å². The van der Waals surface area contributed by atoms with Crippen LogP contribution in [-0.2, 0) is 16.6 Å². The lowest BCUT2D eigenvalue weighted by Crippen LogP contribution is -2.24. The Kier molecular flexibility index (Phi) is 4.05. The van der Waals surface area contributed by atoms with Crippen LogP contribution < -0.4 is 4.72 Å². The van der Waals surface area contributed by atoms with Gasteiger partial charge in [-0.1, -0.05) is 6.07 Å². The highest BCUT2D eigenvalue weighted by Gasteiger charge is 2.25. The number of rotatable bonds is 6. The average molecular weight is 334 g/mol. The van der Waals surface area contributed by atoms with Crippen molar-refractivity contribution in [3.05, 3.63) is 58.2 Å². The third-order valence-electron chi connectivity index (χ3n) is 3.52. The Labute approximate surface area is 132 Å². The van der Waals surface area contributed by atoms with Crippen LogP contribution in [0.25, 0.3) is 0 Å². The van der Waals surface area contributed by atoms with Crippen molar-refractivity contribution in [3.8, 4) is 0 Å². The minimum absolute atomic E-state index is 0.00721. The summed E-state index contributed by atoms with van der Waals surface area (Å²) in [7, 11) is -3.85. The smallest absolute Gasteiger partial charge is 0.258 e. The Morgan fingerprint density at radius 2 is 2.04 bits per heavy atom. The molecule has 23 heavy (non-hydrogen) atoms. The lowest BCUT2D eigenvalue weighted by atomic mass is 10.2. The molecule has 1 fully saturated rings. The zero-order valence-electron chi connectivity index (χ0n) is 12.0. The maximum Gasteiger partial charge on any atom is 0.270 e. The molecule has 0 atom stereocenters. The van der Waals surface area contributed by atoms with Crippen molar-refractivity contribution in [3.63, 3.8) is 0 Å². The van der Waals surface area contributed by atoms with Gasteiger partial charge in [-0.05, 0) is 25.0 Å². The van der Waals surface area contributed by atoms with Gasteiger partial charge < -0.3 is 0 Å². The maximum atomic E-state index is 12.2. The molecule has 1 aliphatic carbocycles. The highest BCUT2D eigenvalue weighted by Crippen LogP contribution is 2.38. The van der Waals surface area contributed by atoms with Gasteiger partial charge in [0.05, 0.1) is 22.1 Å². The molecule has 0 bridgehead atoms. The lowest BCUT2D eigenvalue weighted by Gasteiger charge is -2.07. The summed E-state index contributed by atoms with van der Waals surface area (Å²) >= 11 is 0. The molecule has 3 rings (SSSR count). The van der Waals surface area contributed by atoms with Crippen LogP contribution in [0.3, 0.4) is 0 Å². The lowest BCUT2D eigenvalue weighted by molar-refractivity contribution is -0.385. The number of aromatic nitrogens is 2. The first-order valence-electron chi connectivity index (χ1n) is 7.00. The van der Waals surface area contributed by atoms with Crippen LogP contribution in [0, 0.1) is 10.1 Å². The molecule has 0 unspecified atom stereocenters. The first-order valence-corrected chi connectivity index (χ1v) is 8.49. The quantitative estimate of drug-likeness (QED) is 0.635. The summed E-state index contributed by atoms with van der Waals surface area (Å²) in [5.41, 5.74) is 1.21. The Balaban J connectivity index is 1.75. The van der Waals surface area contributed by atoms with Crippen LogP contribution in [0.1, 0.15) is 30.1 Å². The van der Waals surface area contributed by atoms with Crippen molar-refractivity contribution in [1.29, 1.82) is 0 Å². The summed E-state index contributed by atoms with van der Waals surface area (Å²) in [5.74, 6) is 0.449. The molecule has 1 saturated carbocycles. The summed E-state index contributed by atoms with van der Waals surface area (Å²) in [4.78, 5) is 18.2. The number of non-ortho nitro benzene ring substituents is 1. The normalized spacial score (nSPS) is 14.6. The first-order chi connectivity index (χ1) is 11.0. The molecule has 1 aromatic carbocycles. The highest BCUT2D eigenvalue weighted by molar-refractivity contribution is 7.89. The number of hydrogen-bond donors (Lipinski definition) is 1. The molecule has 120 valence electrons. The zero-order valence-corrected chi connectivity index (χ0v) is 12.9. The van der Waals surface area contributed by atoms with Gasteiger partial charge >= 0.3 is 0 Å². The van der Waals surface area contributed by atoms with E-state index in [0.717, 1.165) is 24.6 Å². The summed E-state index contributed by atoms with van der Waals surface area (Å²) in [5, 5.41) is 10.7. The highest BCUT2D eigenvalue weighted by atomic mass is 32.2. The molecule has 0 saturated heterocycles. The summed E-state index contributed by atoms with van der Waals surface area (Å²) in [6.45, 7) is 0.00721. The fraction of sp³-hybridized carbons (Fsp3) is 0.286. The van der Waals surface area contributed by atoms with Crippen LogP contribution in [0.2, 0.25) is 0 Å². The first kappa shape index (κ1) is 15.5. The van der Waals surface area contributed by atoms with Crippen LogP contribution in [0.15, 0.2) is 41.6 Å². The van der Waals surface area contributed by atoms with Crippen molar-refractivity contribution >= 4 is 15.7 Å². The molecule has 1 heterocycles. The van der Waals surface area contributed by atoms with Gasteiger partial charge in [-0.15, -0.1) is 0 Å². The van der Waals surface area contributed by atoms with Crippen molar-refractivity contribution in [2.75, 3.05) is 0 Å². The molecule has 0 radical (unpaired) electrons. The van der Waals surface area contributed by atoms with E-state index in [0.29, 0.717) is 11.6 Å². The second-order valence-electron chi connectivity index (χ2n) is 5.29. The van der Waals surface area contributed by atoms with E-state index in [4.69, 9.17) is 0 Å². The number of nitrogens with zero attached hydrogens (tertiary/aromatic N) is 3. The molecule has 1 aromatic heterocycles. The molecule has 0 spiro atoms. The number of nitro groups is 1. The second-order valence-corrected chi connectivity index (χ2v) is 7.05. The minimum Gasteiger partial charge on any atom is -0.258 e. The van der Waals surface area contributed by atoms with E-state index >= 15 is 0 Å². The molecule has 0 amide bonds. The molecular formula is C14H14N4O4S. The standard InChI is InChI=1S/C14H14N4O4S/c19-18(20)12-2-1-3-13(7-12)23(21,22)17-8-11-6-14(10-4-5-10)16-9-15-11/h1-3,6-7,9-10,17H,4-5,8H2. The van der Waals surface area contributed by atoms with Crippen molar-refractivity contribution < 1.29 is 13.3 Å². The molecule has 9 heteroatoms. The Morgan fingerprint density at radius 1 is 1.26 bits per heavy atom. The number of hydrogen-bond acceptors (Lipinski definition) is 6. The van der Waals surface area contributed by atoms with Crippen LogP contribution in [0.5, 0.6) is 0 Å². The number of benzene rings is 1. The van der Waals surface area contributed by atoms with E-state index in [1.165, 1.54) is 24.5 Å². The van der Waals surface area contributed by atoms with Gasteiger partial charge in [0.25, 0.3) is 5.69 Å². The Bertz CT molecular complexity index is 849. The van der Waals surface area contributed by atoms with E-state index in [1.54, 1.807) is 6.07 Å². The van der Waals surface area contributed by atoms with E-state index in [2.05, 4.69) is 14.7 Å². The molecule has 1 aliphatic rings. The zero-order chi connectivity index (χ0) is 16.4. The van der Waals surface area contributed by atoms with E-state index < -0.39 is 14.9 Å². The number of nitro benzene ring substituents is 1. The molecule has 1 N–H and O–H groups in total. The van der Waals surface area contributed by atoms with Crippen LogP contribution in [-0.4, -0.2) is 23.3 Å². The Morgan fingerprint density at radius 3 is 2.74 bits per heavy atom. The minimum atomic E-state index is -3.85. The van der Waals surface area contributed by atoms with Gasteiger partial charge in [0.1, 0.15) is 6.33 Å². The van der Waals surface area contributed by atoms with Crippen molar-refractivity contribution in [2.45, 2.75) is 30.2 Å². The van der Waals surface area contributed by atoms with Gasteiger partial charge in [-0.25, -0.2) is 23.1 Å². The SMILES string of the molecule is O=[N+]([O-])c1cccc(S(=O)(=O)NCc2cc(C3CC3)ncn2)c1. The molecular weight excluding hydrogens is 320 g/mol. The predicted molar refractivity (Wildman–Crippen MR) is 81.1 cm³/mol. The van der Waals surface area contributed by atoms with Crippen LogP contribution >= 0.6 is 0 Å². The fourth-order valence-corrected chi connectivity index (χ4v) is 3.17. The predicted octanol–water partition coefficient (Wildman–Crippen LogP) is 1.74. The second kappa shape index (κ2) is 6.01. The third-order valence-corrected chi connectivity index (χ3v) is 4.92. The van der Waals surface area contributed by atoms with E-state index in [1.807, 2.05) is 0 Å². The summed E-state index contributed by atoms with van der Waals surface area (Å²) in [6, 6.07) is 6.70. The van der Waals surface area contributed by atoms with Gasteiger partial charge in [0.15, 0.2) is 0 Å². The third kappa shape index (κ3) is 3.69.